The van der Waals surface area contributed by atoms with Crippen LogP contribution in [-0.2, 0) is 25.2 Å². The highest BCUT2D eigenvalue weighted by Crippen LogP contribution is 2.20. The Morgan fingerprint density at radius 2 is 1.64 bits per heavy atom. The average Bonchev–Trinajstić information content (AvgIpc) is 3.29. The number of hydrogen-bond acceptors (Lipinski definition) is 4. The van der Waals surface area contributed by atoms with Gasteiger partial charge in [-0.25, -0.2) is 0 Å². The zero-order chi connectivity index (χ0) is 23.8. The summed E-state index contributed by atoms with van der Waals surface area (Å²) in [5, 5.41) is 5.72. The van der Waals surface area contributed by atoms with E-state index in [4.69, 9.17) is 0 Å². The third kappa shape index (κ3) is 7.25. The number of nitrogens with zero attached hydrogens (tertiary/aromatic N) is 1. The summed E-state index contributed by atoms with van der Waals surface area (Å²) in [4.78, 5) is 39.6. The molecule has 3 amide bonds. The van der Waals surface area contributed by atoms with Crippen molar-refractivity contribution in [2.24, 2.45) is 0 Å². The van der Waals surface area contributed by atoms with E-state index >= 15 is 0 Å². The highest BCUT2D eigenvalue weighted by atomic mass is 32.2. The van der Waals surface area contributed by atoms with E-state index in [1.165, 1.54) is 4.90 Å². The van der Waals surface area contributed by atoms with Gasteiger partial charge in [0.1, 0.15) is 17.5 Å². The summed E-state index contributed by atoms with van der Waals surface area (Å²) in [5.41, 5.74) is 2.23. The molecule has 7 nitrogen and oxygen atoms in total. The Balaban J connectivity index is 1.64. The quantitative estimate of drug-likeness (QED) is 0.590. The van der Waals surface area contributed by atoms with E-state index in [1.807, 2.05) is 25.1 Å². The second kappa shape index (κ2) is 11.7. The van der Waals surface area contributed by atoms with Gasteiger partial charge in [-0.2, -0.15) is 0 Å². The van der Waals surface area contributed by atoms with E-state index in [1.54, 1.807) is 43.3 Å². The molecule has 2 aromatic rings. The average molecular weight is 470 g/mol. The summed E-state index contributed by atoms with van der Waals surface area (Å²) in [6.07, 6.45) is 4.06. The molecule has 0 aliphatic heterocycles. The molecule has 0 spiro atoms. The number of hydrogen-bond donors (Lipinski definition) is 2. The summed E-state index contributed by atoms with van der Waals surface area (Å²) >= 11 is 0. The minimum absolute atomic E-state index is 0.132. The van der Waals surface area contributed by atoms with Crippen LogP contribution in [0.1, 0.15) is 38.2 Å². The molecule has 1 saturated carbocycles. The van der Waals surface area contributed by atoms with Gasteiger partial charge in [0.2, 0.25) is 17.7 Å². The molecule has 33 heavy (non-hydrogen) atoms. The normalized spacial score (nSPS) is 15.5. The van der Waals surface area contributed by atoms with Gasteiger partial charge in [0.05, 0.1) is 0 Å². The molecule has 1 aliphatic carbocycles. The van der Waals surface area contributed by atoms with Crippen LogP contribution in [0.5, 0.6) is 0 Å². The van der Waals surface area contributed by atoms with Crippen LogP contribution in [0.2, 0.25) is 0 Å². The number of benzene rings is 2. The van der Waals surface area contributed by atoms with E-state index in [-0.39, 0.29) is 23.5 Å². The lowest BCUT2D eigenvalue weighted by atomic mass is 10.1. The lowest BCUT2D eigenvalue weighted by Gasteiger charge is -2.29. The Bertz CT molecular complexity index is 988. The fraction of sp³-hybridized carbons (Fsp3) is 0.400. The van der Waals surface area contributed by atoms with Crippen molar-refractivity contribution < 1.29 is 18.6 Å². The van der Waals surface area contributed by atoms with E-state index in [2.05, 4.69) is 10.6 Å². The Kier molecular flexibility index (Phi) is 8.77. The molecule has 176 valence electrons. The van der Waals surface area contributed by atoms with E-state index in [0.29, 0.717) is 11.4 Å². The maximum absolute atomic E-state index is 13.1. The summed E-state index contributed by atoms with van der Waals surface area (Å²) in [6, 6.07) is 15.5. The van der Waals surface area contributed by atoms with Crippen molar-refractivity contribution in [1.82, 2.24) is 5.32 Å². The van der Waals surface area contributed by atoms with Crippen molar-refractivity contribution in [3.8, 4) is 0 Å². The molecule has 2 aromatic carbocycles. The molecule has 0 unspecified atom stereocenters. The maximum atomic E-state index is 13.1. The standard InChI is InChI=1S/C25H31N3O4S/c1-18-12-14-21(15-13-18)26-23(29)16-33(32)17-24(30)28(22-10-4-3-5-11-22)19(2)25(31)27-20-8-6-7-9-20/h3-5,10-15,19-20H,6-9,16-17H2,1-2H3,(H,26,29)(H,27,31)/t19-,33+/m1/s1. The van der Waals surface area contributed by atoms with Crippen molar-refractivity contribution in [2.45, 2.75) is 51.6 Å². The van der Waals surface area contributed by atoms with Crippen molar-refractivity contribution in [3.05, 3.63) is 60.2 Å². The molecule has 8 heteroatoms. The number of carbonyl (C=O) groups is 3. The van der Waals surface area contributed by atoms with Crippen molar-refractivity contribution in [2.75, 3.05) is 21.7 Å². The summed E-state index contributed by atoms with van der Waals surface area (Å²) in [6.45, 7) is 3.61. The molecule has 0 bridgehead atoms. The predicted octanol–water partition coefficient (Wildman–Crippen LogP) is 3.16. The number of aryl methyl sites for hydroxylation is 1. The van der Waals surface area contributed by atoms with Gasteiger partial charge in [0.15, 0.2) is 0 Å². The summed E-state index contributed by atoms with van der Waals surface area (Å²) in [7, 11) is -1.72. The third-order valence-corrected chi connectivity index (χ3v) is 6.84. The number of anilines is 2. The smallest absolute Gasteiger partial charge is 0.243 e. The summed E-state index contributed by atoms with van der Waals surface area (Å²) in [5.74, 6) is -1.77. The van der Waals surface area contributed by atoms with E-state index < -0.39 is 28.7 Å². The molecule has 0 heterocycles. The first-order valence-electron chi connectivity index (χ1n) is 11.2. The molecular weight excluding hydrogens is 438 g/mol. The van der Waals surface area contributed by atoms with E-state index in [0.717, 1.165) is 31.2 Å². The van der Waals surface area contributed by atoms with E-state index in [9.17, 15) is 18.6 Å². The van der Waals surface area contributed by atoms with Crippen LogP contribution in [0.15, 0.2) is 54.6 Å². The minimum Gasteiger partial charge on any atom is -0.352 e. The molecule has 2 N–H and O–H groups in total. The van der Waals surface area contributed by atoms with Crippen molar-refractivity contribution in [3.63, 3.8) is 0 Å². The number of carbonyl (C=O) groups excluding carboxylic acids is 3. The zero-order valence-electron chi connectivity index (χ0n) is 19.1. The van der Waals surface area contributed by atoms with Crippen LogP contribution in [0.25, 0.3) is 0 Å². The lowest BCUT2D eigenvalue weighted by Crippen LogP contribution is -2.51. The fourth-order valence-electron chi connectivity index (χ4n) is 3.92. The second-order valence-corrected chi connectivity index (χ2v) is 9.86. The Morgan fingerprint density at radius 1 is 1.00 bits per heavy atom. The van der Waals surface area contributed by atoms with Crippen LogP contribution in [0, 0.1) is 6.92 Å². The Labute approximate surface area is 197 Å². The molecule has 0 saturated heterocycles. The zero-order valence-corrected chi connectivity index (χ0v) is 19.9. The Morgan fingerprint density at radius 3 is 2.27 bits per heavy atom. The minimum atomic E-state index is -1.72. The Hall–Kier alpha value is -3.00. The number of rotatable bonds is 9. The van der Waals surface area contributed by atoms with Crippen molar-refractivity contribution >= 4 is 39.9 Å². The fourth-order valence-corrected chi connectivity index (χ4v) is 4.80. The molecule has 1 fully saturated rings. The van der Waals surface area contributed by atoms with Gasteiger partial charge in [-0.15, -0.1) is 0 Å². The van der Waals surface area contributed by atoms with Crippen molar-refractivity contribution in [1.29, 1.82) is 0 Å². The third-order valence-electron chi connectivity index (χ3n) is 5.68. The van der Waals surface area contributed by atoms with Crippen LogP contribution in [0.3, 0.4) is 0 Å². The second-order valence-electron chi connectivity index (χ2n) is 8.41. The number of nitrogens with one attached hydrogen (secondary N) is 2. The van der Waals surface area contributed by atoms with Crippen LogP contribution in [-0.4, -0.2) is 45.5 Å². The van der Waals surface area contributed by atoms with Gasteiger partial charge in [0, 0.05) is 28.2 Å². The number of amides is 3. The molecule has 3 rings (SSSR count). The lowest BCUT2D eigenvalue weighted by molar-refractivity contribution is -0.125. The first kappa shape index (κ1) is 24.6. The monoisotopic (exact) mass is 469 g/mol. The van der Waals surface area contributed by atoms with Gasteiger partial charge >= 0.3 is 0 Å². The molecule has 0 radical (unpaired) electrons. The van der Waals surface area contributed by atoms with Gasteiger partial charge in [-0.3, -0.25) is 23.5 Å². The first-order chi connectivity index (χ1) is 15.8. The van der Waals surface area contributed by atoms with Gasteiger partial charge < -0.3 is 10.6 Å². The molecule has 0 aromatic heterocycles. The molecule has 1 aliphatic rings. The summed E-state index contributed by atoms with van der Waals surface area (Å²) < 4.78 is 12.6. The highest BCUT2D eigenvalue weighted by molar-refractivity contribution is 7.86. The van der Waals surface area contributed by atoms with Crippen LogP contribution >= 0.6 is 0 Å². The number of para-hydroxylation sites is 1. The first-order valence-corrected chi connectivity index (χ1v) is 12.7. The SMILES string of the molecule is Cc1ccc(NC(=O)C[S@](=O)CC(=O)N(c2ccccc2)[C@H](C)C(=O)NC2CCCC2)cc1. The van der Waals surface area contributed by atoms with Crippen LogP contribution < -0.4 is 15.5 Å². The van der Waals surface area contributed by atoms with Gasteiger partial charge in [-0.05, 0) is 51.0 Å². The molecule has 2 atom stereocenters. The van der Waals surface area contributed by atoms with Gasteiger partial charge in [0.25, 0.3) is 0 Å². The molecular formula is C25H31N3O4S. The van der Waals surface area contributed by atoms with Gasteiger partial charge in [-0.1, -0.05) is 48.7 Å². The predicted molar refractivity (Wildman–Crippen MR) is 131 cm³/mol. The largest absolute Gasteiger partial charge is 0.352 e. The maximum Gasteiger partial charge on any atom is 0.243 e. The highest BCUT2D eigenvalue weighted by Gasteiger charge is 2.30. The van der Waals surface area contributed by atoms with Crippen LogP contribution in [0.4, 0.5) is 11.4 Å². The topological polar surface area (TPSA) is 95.6 Å².